The quantitative estimate of drug-likeness (QED) is 0.141. The molecule has 10 heteroatoms. The summed E-state index contributed by atoms with van der Waals surface area (Å²) in [5.74, 6) is -3.61. The highest BCUT2D eigenvalue weighted by atomic mass is 28.4. The number of methoxy groups -OCH3 is 1. The van der Waals surface area contributed by atoms with Crippen molar-refractivity contribution in [3.05, 3.63) is 11.6 Å². The van der Waals surface area contributed by atoms with E-state index in [-0.39, 0.29) is 30.6 Å². The Hall–Kier alpha value is -2.20. The van der Waals surface area contributed by atoms with Crippen molar-refractivity contribution < 1.29 is 37.8 Å². The molecule has 0 radical (unpaired) electrons. The molecule has 0 aromatic heterocycles. The van der Waals surface area contributed by atoms with Gasteiger partial charge < -0.3 is 18.6 Å². The van der Waals surface area contributed by atoms with E-state index in [1.54, 1.807) is 34.6 Å². The van der Waals surface area contributed by atoms with Crippen LogP contribution in [0.5, 0.6) is 0 Å². The highest BCUT2D eigenvalue weighted by molar-refractivity contribution is 6.74. The molecular weight excluding hydrogens is 506 g/mol. The number of esters is 2. The standard InChI is InChI=1S/C28H47NO8Si/c1-13-21(30)35-15-19-14-17(2)18(3)28(24(32)34-10)22(19)20(16-36-38(11,12)27(7,8)9)29(23(28)31)25(33)37-26(4,5)6/h14,18-20,22H,13,15-16H2,1-12H3/t18-,19-,20-,22-,28+/m0/s1. The van der Waals surface area contributed by atoms with Gasteiger partial charge in [0.15, 0.2) is 13.7 Å². The summed E-state index contributed by atoms with van der Waals surface area (Å²) >= 11 is 0. The molecule has 1 fully saturated rings. The van der Waals surface area contributed by atoms with Crippen molar-refractivity contribution in [2.75, 3.05) is 20.3 Å². The number of allylic oxidation sites excluding steroid dienone is 1. The molecule has 0 bridgehead atoms. The number of ether oxygens (including phenoxy) is 3. The molecular formula is C28H47NO8Si. The Morgan fingerprint density at radius 2 is 1.66 bits per heavy atom. The third-order valence-electron chi connectivity index (χ3n) is 8.41. The van der Waals surface area contributed by atoms with Crippen LogP contribution in [-0.4, -0.2) is 69.1 Å². The zero-order valence-corrected chi connectivity index (χ0v) is 26.2. The molecule has 216 valence electrons. The minimum atomic E-state index is -2.32. The topological polar surface area (TPSA) is 108 Å². The number of imide groups is 1. The molecule has 1 heterocycles. The largest absolute Gasteiger partial charge is 0.468 e. The molecule has 38 heavy (non-hydrogen) atoms. The van der Waals surface area contributed by atoms with Crippen LogP contribution in [0.2, 0.25) is 18.1 Å². The van der Waals surface area contributed by atoms with Gasteiger partial charge in [-0.25, -0.2) is 9.69 Å². The molecule has 2 rings (SSSR count). The summed E-state index contributed by atoms with van der Waals surface area (Å²) in [6, 6.07) is -0.831. The van der Waals surface area contributed by atoms with Crippen LogP contribution < -0.4 is 0 Å². The molecule has 1 saturated heterocycles. The molecule has 2 amide bonds. The maximum absolute atomic E-state index is 14.4. The predicted octanol–water partition coefficient (Wildman–Crippen LogP) is 5.10. The first kappa shape index (κ1) is 32.0. The summed E-state index contributed by atoms with van der Waals surface area (Å²) in [6.07, 6.45) is 1.31. The third kappa shape index (κ3) is 5.85. The molecule has 1 aliphatic heterocycles. The van der Waals surface area contributed by atoms with Crippen LogP contribution in [0.25, 0.3) is 0 Å². The number of amides is 2. The van der Waals surface area contributed by atoms with Crippen LogP contribution in [0.3, 0.4) is 0 Å². The van der Waals surface area contributed by atoms with Crippen LogP contribution >= 0.6 is 0 Å². The maximum Gasteiger partial charge on any atom is 0.417 e. The number of rotatable bonds is 7. The number of fused-ring (bicyclic) bond motifs is 1. The minimum Gasteiger partial charge on any atom is -0.468 e. The van der Waals surface area contributed by atoms with E-state index in [0.717, 1.165) is 10.5 Å². The molecule has 0 aromatic rings. The van der Waals surface area contributed by atoms with E-state index in [9.17, 15) is 19.2 Å². The van der Waals surface area contributed by atoms with Gasteiger partial charge in [0.25, 0.3) is 5.91 Å². The average molecular weight is 554 g/mol. The lowest BCUT2D eigenvalue weighted by Gasteiger charge is -2.44. The number of carbonyl (C=O) groups excluding carboxylic acids is 4. The first-order valence-corrected chi connectivity index (χ1v) is 16.3. The fourth-order valence-corrected chi connectivity index (χ4v) is 6.25. The van der Waals surface area contributed by atoms with Crippen LogP contribution in [0.15, 0.2) is 11.6 Å². The van der Waals surface area contributed by atoms with Gasteiger partial charge in [-0.1, -0.05) is 46.3 Å². The lowest BCUT2D eigenvalue weighted by atomic mass is 9.57. The predicted molar refractivity (Wildman–Crippen MR) is 146 cm³/mol. The summed E-state index contributed by atoms with van der Waals surface area (Å²) in [5, 5.41) is -0.127. The molecule has 0 saturated carbocycles. The smallest absolute Gasteiger partial charge is 0.417 e. The maximum atomic E-state index is 14.4. The number of likely N-dealkylation sites (tertiary alicyclic amines) is 1. The van der Waals surface area contributed by atoms with Crippen molar-refractivity contribution in [2.45, 2.75) is 98.5 Å². The lowest BCUT2D eigenvalue weighted by Crippen LogP contribution is -2.54. The third-order valence-corrected chi connectivity index (χ3v) is 12.9. The van der Waals surface area contributed by atoms with Gasteiger partial charge in [-0.3, -0.25) is 14.4 Å². The Balaban J connectivity index is 2.75. The van der Waals surface area contributed by atoms with Gasteiger partial charge in [0.1, 0.15) is 5.60 Å². The van der Waals surface area contributed by atoms with E-state index in [0.29, 0.717) is 0 Å². The lowest BCUT2D eigenvalue weighted by molar-refractivity contribution is -0.166. The minimum absolute atomic E-state index is 0.0305. The number of hydrogen-bond donors (Lipinski definition) is 0. The van der Waals surface area contributed by atoms with Gasteiger partial charge in [-0.2, -0.15) is 0 Å². The summed E-state index contributed by atoms with van der Waals surface area (Å²) in [4.78, 5) is 54.8. The first-order chi connectivity index (χ1) is 17.3. The molecule has 0 unspecified atom stereocenters. The summed E-state index contributed by atoms with van der Waals surface area (Å²) < 4.78 is 23.0. The second kappa shape index (κ2) is 11.1. The molecule has 2 aliphatic rings. The van der Waals surface area contributed by atoms with Crippen molar-refractivity contribution in [1.29, 1.82) is 0 Å². The van der Waals surface area contributed by atoms with Crippen molar-refractivity contribution >= 4 is 32.3 Å². The van der Waals surface area contributed by atoms with Gasteiger partial charge in [0, 0.05) is 24.2 Å². The molecule has 0 N–H and O–H groups in total. The Morgan fingerprint density at radius 3 is 2.13 bits per heavy atom. The Bertz CT molecular complexity index is 976. The number of hydrogen-bond acceptors (Lipinski definition) is 8. The molecule has 0 aromatic carbocycles. The monoisotopic (exact) mass is 553 g/mol. The fraction of sp³-hybridized carbons (Fsp3) is 0.786. The fourth-order valence-electron chi connectivity index (χ4n) is 5.23. The molecule has 9 nitrogen and oxygen atoms in total. The first-order valence-electron chi connectivity index (χ1n) is 13.4. The SMILES string of the molecule is CCC(=O)OC[C@@H]1C=C(C)[C@H](C)[C@]2(C(=O)OC)C(=O)N(C(=O)OC(C)(C)C)[C@@H](CO[Si](C)(C)C(C)(C)C)[C@H]12. The average Bonchev–Trinajstić information content (AvgIpc) is 3.06. The zero-order chi connectivity index (χ0) is 29.4. The van der Waals surface area contributed by atoms with Crippen LogP contribution in [0, 0.1) is 23.2 Å². The van der Waals surface area contributed by atoms with Crippen molar-refractivity contribution in [3.63, 3.8) is 0 Å². The van der Waals surface area contributed by atoms with Gasteiger partial charge in [-0.15, -0.1) is 0 Å². The second-order valence-corrected chi connectivity index (χ2v) is 17.8. The van der Waals surface area contributed by atoms with Crippen molar-refractivity contribution in [1.82, 2.24) is 4.90 Å². The summed E-state index contributed by atoms with van der Waals surface area (Å²) in [6.45, 7) is 21.0. The van der Waals surface area contributed by atoms with Crippen LogP contribution in [0.4, 0.5) is 4.79 Å². The molecule has 5 atom stereocenters. The summed E-state index contributed by atoms with van der Waals surface area (Å²) in [7, 11) is -1.08. The van der Waals surface area contributed by atoms with Gasteiger partial charge in [0.05, 0.1) is 26.4 Å². The zero-order valence-electron chi connectivity index (χ0n) is 25.2. The normalized spacial score (nSPS) is 27.9. The van der Waals surface area contributed by atoms with E-state index in [2.05, 4.69) is 33.9 Å². The van der Waals surface area contributed by atoms with E-state index in [1.165, 1.54) is 7.11 Å². The summed E-state index contributed by atoms with van der Waals surface area (Å²) in [5.41, 5.74) is -1.79. The van der Waals surface area contributed by atoms with E-state index < -0.39 is 61.1 Å². The highest BCUT2D eigenvalue weighted by Crippen LogP contribution is 2.57. The van der Waals surface area contributed by atoms with E-state index in [4.69, 9.17) is 18.6 Å². The highest BCUT2D eigenvalue weighted by Gasteiger charge is 2.71. The number of carbonyl (C=O) groups is 4. The molecule has 0 spiro atoms. The number of nitrogens with zero attached hydrogens (tertiary/aromatic N) is 1. The van der Waals surface area contributed by atoms with Crippen molar-refractivity contribution in [3.8, 4) is 0 Å². The Kier molecular flexibility index (Phi) is 9.36. The van der Waals surface area contributed by atoms with Crippen LogP contribution in [0.1, 0.15) is 68.7 Å². The van der Waals surface area contributed by atoms with E-state index in [1.807, 2.05) is 13.0 Å². The van der Waals surface area contributed by atoms with Crippen molar-refractivity contribution in [2.24, 2.45) is 23.2 Å². The van der Waals surface area contributed by atoms with E-state index >= 15 is 0 Å². The Labute approximate surface area is 228 Å². The van der Waals surface area contributed by atoms with Gasteiger partial charge in [0.2, 0.25) is 0 Å². The Morgan fingerprint density at radius 1 is 1.08 bits per heavy atom. The van der Waals surface area contributed by atoms with Crippen LogP contribution in [-0.2, 0) is 33.0 Å². The van der Waals surface area contributed by atoms with Gasteiger partial charge in [-0.05, 0) is 45.8 Å². The molecule has 1 aliphatic carbocycles. The second-order valence-electron chi connectivity index (χ2n) is 13.0. The van der Waals surface area contributed by atoms with Gasteiger partial charge >= 0.3 is 18.0 Å².